The summed E-state index contributed by atoms with van der Waals surface area (Å²) in [5.41, 5.74) is 0. The molecule has 0 aromatic rings. The first-order valence-corrected chi connectivity index (χ1v) is 12.9. The van der Waals surface area contributed by atoms with Crippen molar-refractivity contribution in [1.82, 2.24) is 26.6 Å². The SMILES string of the molecule is CNC(C(=O)NC(CC(C)C)C(=O)NCC(=O)NC(CCCCNC(=O)C(F)(F)F)C(=O)C(C)C)C(C)C. The molecule has 4 amide bonds. The van der Waals surface area contributed by atoms with Crippen LogP contribution in [0.3, 0.4) is 0 Å². The van der Waals surface area contributed by atoms with Crippen LogP contribution in [-0.2, 0) is 24.0 Å². The highest BCUT2D eigenvalue weighted by Crippen LogP contribution is 2.14. The van der Waals surface area contributed by atoms with Gasteiger partial charge in [0, 0.05) is 12.5 Å². The first-order chi connectivity index (χ1) is 17.5. The zero-order chi connectivity index (χ0) is 29.6. The zero-order valence-electron chi connectivity index (χ0n) is 23.4. The van der Waals surface area contributed by atoms with E-state index in [1.54, 1.807) is 26.2 Å². The van der Waals surface area contributed by atoms with Crippen LogP contribution in [0.25, 0.3) is 0 Å². The molecule has 5 N–H and O–H groups in total. The van der Waals surface area contributed by atoms with Crippen molar-refractivity contribution in [3.8, 4) is 0 Å². The van der Waals surface area contributed by atoms with Crippen molar-refractivity contribution in [3.63, 3.8) is 0 Å². The van der Waals surface area contributed by atoms with Gasteiger partial charge in [-0.05, 0) is 44.6 Å². The third kappa shape index (κ3) is 13.7. The van der Waals surface area contributed by atoms with Gasteiger partial charge in [0.1, 0.15) is 6.04 Å². The standard InChI is InChI=1S/C25H44F3N5O5/c1-14(2)12-18(33-23(37)20(29-7)15(3)4)22(36)31-13-19(34)32-17(21(35)16(5)6)10-8-9-11-30-24(38)25(26,27)28/h14-18,20,29H,8-13H2,1-7H3,(H,30,38)(H,31,36)(H,32,34)(H,33,37). The van der Waals surface area contributed by atoms with E-state index in [4.69, 9.17) is 0 Å². The predicted molar refractivity (Wildman–Crippen MR) is 137 cm³/mol. The van der Waals surface area contributed by atoms with Gasteiger partial charge in [-0.2, -0.15) is 13.2 Å². The van der Waals surface area contributed by atoms with Crippen LogP contribution in [-0.4, -0.2) is 73.9 Å². The lowest BCUT2D eigenvalue weighted by atomic mass is 9.97. The Hall–Kier alpha value is -2.70. The molecule has 3 atom stereocenters. The molecular formula is C25H44F3N5O5. The van der Waals surface area contributed by atoms with Gasteiger partial charge < -0.3 is 26.6 Å². The van der Waals surface area contributed by atoms with E-state index in [1.165, 1.54) is 0 Å². The van der Waals surface area contributed by atoms with E-state index in [2.05, 4.69) is 21.3 Å². The van der Waals surface area contributed by atoms with Crippen molar-refractivity contribution in [2.75, 3.05) is 20.1 Å². The van der Waals surface area contributed by atoms with E-state index in [9.17, 15) is 37.1 Å². The first kappa shape index (κ1) is 35.3. The van der Waals surface area contributed by atoms with E-state index in [1.807, 2.05) is 27.7 Å². The number of amides is 4. The quantitative estimate of drug-likeness (QED) is 0.173. The lowest BCUT2D eigenvalue weighted by Gasteiger charge is -2.25. The molecule has 220 valence electrons. The Morgan fingerprint density at radius 2 is 1.39 bits per heavy atom. The number of nitrogens with one attached hydrogen (secondary N) is 5. The highest BCUT2D eigenvalue weighted by Gasteiger charge is 2.38. The number of halogens is 3. The average molecular weight is 552 g/mol. The zero-order valence-corrected chi connectivity index (χ0v) is 23.4. The number of carbonyl (C=O) groups is 5. The van der Waals surface area contributed by atoms with Gasteiger partial charge in [0.05, 0.1) is 18.6 Å². The van der Waals surface area contributed by atoms with Crippen molar-refractivity contribution in [1.29, 1.82) is 0 Å². The van der Waals surface area contributed by atoms with E-state index in [0.29, 0.717) is 6.42 Å². The summed E-state index contributed by atoms with van der Waals surface area (Å²) in [5, 5.41) is 12.5. The maximum Gasteiger partial charge on any atom is 0.471 e. The monoisotopic (exact) mass is 551 g/mol. The minimum atomic E-state index is -4.96. The maximum absolute atomic E-state index is 12.8. The molecule has 13 heteroatoms. The van der Waals surface area contributed by atoms with E-state index in [0.717, 1.165) is 0 Å². The lowest BCUT2D eigenvalue weighted by molar-refractivity contribution is -0.173. The normalized spacial score (nSPS) is 14.1. The third-order valence-corrected chi connectivity index (χ3v) is 5.73. The molecule has 0 aliphatic heterocycles. The minimum Gasteiger partial charge on any atom is -0.348 e. The third-order valence-electron chi connectivity index (χ3n) is 5.73. The van der Waals surface area contributed by atoms with Gasteiger partial charge in [0.2, 0.25) is 17.7 Å². The Morgan fingerprint density at radius 3 is 1.87 bits per heavy atom. The number of likely N-dealkylation sites (N-methyl/N-ethyl adjacent to an activating group) is 1. The minimum absolute atomic E-state index is 0.00938. The molecule has 3 unspecified atom stereocenters. The molecule has 10 nitrogen and oxygen atoms in total. The Kier molecular flexibility index (Phi) is 15.8. The molecule has 0 bridgehead atoms. The Labute approximate surface area is 223 Å². The maximum atomic E-state index is 12.8. The molecular weight excluding hydrogens is 507 g/mol. The van der Waals surface area contributed by atoms with E-state index >= 15 is 0 Å². The van der Waals surface area contributed by atoms with Gasteiger partial charge in [-0.3, -0.25) is 24.0 Å². The molecule has 0 spiro atoms. The molecule has 0 saturated heterocycles. The molecule has 38 heavy (non-hydrogen) atoms. The molecule has 0 aliphatic carbocycles. The van der Waals surface area contributed by atoms with Crippen LogP contribution >= 0.6 is 0 Å². The Bertz CT molecular complexity index is 803. The summed E-state index contributed by atoms with van der Waals surface area (Å²) >= 11 is 0. The fraction of sp³-hybridized carbons (Fsp3) is 0.800. The van der Waals surface area contributed by atoms with Gasteiger partial charge in [0.25, 0.3) is 0 Å². The molecule has 0 aromatic carbocycles. The number of rotatable bonds is 17. The molecule has 0 aliphatic rings. The summed E-state index contributed by atoms with van der Waals surface area (Å²) in [5.74, 6) is -4.12. The summed E-state index contributed by atoms with van der Waals surface area (Å²) in [6, 6.07) is -2.25. The van der Waals surface area contributed by atoms with Gasteiger partial charge in [-0.1, -0.05) is 41.5 Å². The second-order valence-corrected chi connectivity index (χ2v) is 10.3. The average Bonchev–Trinajstić information content (AvgIpc) is 2.79. The van der Waals surface area contributed by atoms with Gasteiger partial charge in [-0.25, -0.2) is 0 Å². The molecule has 0 aromatic heterocycles. The molecule has 0 fully saturated rings. The van der Waals surface area contributed by atoms with Crippen LogP contribution in [0.1, 0.15) is 67.2 Å². The molecule has 0 saturated carbocycles. The van der Waals surface area contributed by atoms with Crippen molar-refractivity contribution >= 4 is 29.4 Å². The first-order valence-electron chi connectivity index (χ1n) is 12.9. The summed E-state index contributed by atoms with van der Waals surface area (Å²) in [6.07, 6.45) is -4.00. The number of Topliss-reactive ketones (excluding diaryl/α,β-unsaturated/α-hetero) is 1. The van der Waals surface area contributed by atoms with Gasteiger partial charge in [0.15, 0.2) is 5.78 Å². The highest BCUT2D eigenvalue weighted by atomic mass is 19.4. The van der Waals surface area contributed by atoms with Crippen LogP contribution in [0.5, 0.6) is 0 Å². The van der Waals surface area contributed by atoms with Gasteiger partial charge >= 0.3 is 12.1 Å². The number of unbranched alkanes of at least 4 members (excludes halogenated alkanes) is 1. The van der Waals surface area contributed by atoms with E-state index in [-0.39, 0.29) is 49.3 Å². The van der Waals surface area contributed by atoms with Crippen molar-refractivity contribution < 1.29 is 37.1 Å². The van der Waals surface area contributed by atoms with Crippen molar-refractivity contribution in [2.24, 2.45) is 17.8 Å². The summed E-state index contributed by atoms with van der Waals surface area (Å²) in [7, 11) is 1.65. The Morgan fingerprint density at radius 1 is 0.789 bits per heavy atom. The lowest BCUT2D eigenvalue weighted by Crippen LogP contribution is -2.55. The fourth-order valence-electron chi connectivity index (χ4n) is 3.73. The largest absolute Gasteiger partial charge is 0.471 e. The predicted octanol–water partition coefficient (Wildman–Crippen LogP) is 1.44. The molecule has 0 radical (unpaired) electrons. The summed E-state index contributed by atoms with van der Waals surface area (Å²) < 4.78 is 36.8. The number of ketones is 1. The van der Waals surface area contributed by atoms with Crippen LogP contribution in [0.15, 0.2) is 0 Å². The Balaban J connectivity index is 5.00. The van der Waals surface area contributed by atoms with Crippen LogP contribution in [0.2, 0.25) is 0 Å². The highest BCUT2D eigenvalue weighted by molar-refractivity contribution is 5.94. The number of alkyl halides is 3. The van der Waals surface area contributed by atoms with E-state index < -0.39 is 54.5 Å². The van der Waals surface area contributed by atoms with Crippen molar-refractivity contribution in [3.05, 3.63) is 0 Å². The molecule has 0 heterocycles. The fourth-order valence-corrected chi connectivity index (χ4v) is 3.73. The van der Waals surface area contributed by atoms with Crippen LogP contribution in [0, 0.1) is 17.8 Å². The second-order valence-electron chi connectivity index (χ2n) is 10.3. The van der Waals surface area contributed by atoms with Gasteiger partial charge in [-0.15, -0.1) is 0 Å². The number of hydrogen-bond acceptors (Lipinski definition) is 6. The smallest absolute Gasteiger partial charge is 0.348 e. The molecule has 0 rings (SSSR count). The topological polar surface area (TPSA) is 146 Å². The van der Waals surface area contributed by atoms with Crippen LogP contribution in [0.4, 0.5) is 13.2 Å². The summed E-state index contributed by atoms with van der Waals surface area (Å²) in [6.45, 7) is 10.2. The summed E-state index contributed by atoms with van der Waals surface area (Å²) in [4.78, 5) is 61.3. The van der Waals surface area contributed by atoms with Crippen LogP contribution < -0.4 is 26.6 Å². The van der Waals surface area contributed by atoms with Crippen molar-refractivity contribution in [2.45, 2.75) is 91.5 Å². The number of carbonyl (C=O) groups excluding carboxylic acids is 5. The number of hydrogen-bond donors (Lipinski definition) is 5. The second kappa shape index (κ2) is 17.0.